The second kappa shape index (κ2) is 5.52. The van der Waals surface area contributed by atoms with Crippen LogP contribution >= 0.6 is 12.6 Å². The van der Waals surface area contributed by atoms with Crippen molar-refractivity contribution in [3.8, 4) is 11.5 Å². The molecule has 0 atom stereocenters. The number of fused-ring (bicyclic) bond motifs is 1. The smallest absolute Gasteiger partial charge is 0.227 e. The number of thiol groups is 1. The van der Waals surface area contributed by atoms with E-state index >= 15 is 0 Å². The van der Waals surface area contributed by atoms with Crippen LogP contribution in [0.25, 0.3) is 0 Å². The molecule has 0 unspecified atom stereocenters. The standard InChI is InChI=1S/C13H17NO3S/c1-9-7-11-12(17-5-4-16-11)8-10(9)14(2)13(15)3-6-18/h7-8,18H,3-6H2,1-2H3. The molecule has 1 aliphatic rings. The monoisotopic (exact) mass is 267 g/mol. The molecule has 2 rings (SSSR count). The Morgan fingerprint density at radius 2 is 1.94 bits per heavy atom. The van der Waals surface area contributed by atoms with Crippen molar-refractivity contribution in [2.75, 3.05) is 30.9 Å². The minimum atomic E-state index is 0.0461. The highest BCUT2D eigenvalue weighted by molar-refractivity contribution is 7.80. The van der Waals surface area contributed by atoms with Crippen LogP contribution in [0.15, 0.2) is 12.1 Å². The number of carbonyl (C=O) groups excluding carboxylic acids is 1. The zero-order chi connectivity index (χ0) is 13.1. The van der Waals surface area contributed by atoms with Crippen molar-refractivity contribution in [3.05, 3.63) is 17.7 Å². The number of carbonyl (C=O) groups is 1. The highest BCUT2D eigenvalue weighted by Gasteiger charge is 2.18. The largest absolute Gasteiger partial charge is 0.486 e. The van der Waals surface area contributed by atoms with Gasteiger partial charge in [-0.15, -0.1) is 0 Å². The second-order valence-corrected chi connectivity index (χ2v) is 4.66. The summed E-state index contributed by atoms with van der Waals surface area (Å²) in [7, 11) is 1.77. The van der Waals surface area contributed by atoms with Gasteiger partial charge in [0.25, 0.3) is 0 Å². The summed E-state index contributed by atoms with van der Waals surface area (Å²) in [5, 5.41) is 0. The normalized spacial score (nSPS) is 13.3. The molecule has 0 bridgehead atoms. The predicted molar refractivity (Wildman–Crippen MR) is 74.0 cm³/mol. The van der Waals surface area contributed by atoms with Crippen molar-refractivity contribution in [2.24, 2.45) is 0 Å². The van der Waals surface area contributed by atoms with Gasteiger partial charge < -0.3 is 14.4 Å². The van der Waals surface area contributed by atoms with E-state index in [2.05, 4.69) is 12.6 Å². The molecule has 0 saturated carbocycles. The summed E-state index contributed by atoms with van der Waals surface area (Å²) in [6.07, 6.45) is 0.424. The summed E-state index contributed by atoms with van der Waals surface area (Å²) in [6.45, 7) is 3.07. The van der Waals surface area contributed by atoms with Gasteiger partial charge in [0.1, 0.15) is 13.2 Å². The average molecular weight is 267 g/mol. The SMILES string of the molecule is Cc1cc2c(cc1N(C)C(=O)CCS)OCCO2. The van der Waals surface area contributed by atoms with Gasteiger partial charge in [0.2, 0.25) is 5.91 Å². The molecule has 5 heteroatoms. The Balaban J connectivity index is 2.30. The summed E-state index contributed by atoms with van der Waals surface area (Å²) in [6, 6.07) is 3.77. The molecule has 1 aliphatic heterocycles. The Morgan fingerprint density at radius 1 is 1.33 bits per heavy atom. The van der Waals surface area contributed by atoms with Crippen molar-refractivity contribution < 1.29 is 14.3 Å². The maximum absolute atomic E-state index is 11.9. The lowest BCUT2D eigenvalue weighted by atomic mass is 10.1. The number of nitrogens with zero attached hydrogens (tertiary/aromatic N) is 1. The van der Waals surface area contributed by atoms with Crippen LogP contribution in [0, 0.1) is 6.92 Å². The maximum atomic E-state index is 11.9. The van der Waals surface area contributed by atoms with E-state index in [1.165, 1.54) is 0 Å². The van der Waals surface area contributed by atoms with Gasteiger partial charge in [-0.3, -0.25) is 4.79 Å². The fraction of sp³-hybridized carbons (Fsp3) is 0.462. The topological polar surface area (TPSA) is 38.8 Å². The fourth-order valence-electron chi connectivity index (χ4n) is 1.94. The lowest BCUT2D eigenvalue weighted by Crippen LogP contribution is -2.27. The third kappa shape index (κ3) is 2.56. The number of hydrogen-bond donors (Lipinski definition) is 1. The molecule has 1 amide bonds. The van der Waals surface area contributed by atoms with E-state index in [1.807, 2.05) is 19.1 Å². The molecular formula is C13H17NO3S. The number of hydrogen-bond acceptors (Lipinski definition) is 4. The summed E-state index contributed by atoms with van der Waals surface area (Å²) < 4.78 is 11.0. The van der Waals surface area contributed by atoms with E-state index in [0.717, 1.165) is 17.0 Å². The van der Waals surface area contributed by atoms with E-state index in [-0.39, 0.29) is 5.91 Å². The van der Waals surface area contributed by atoms with Crippen LogP contribution in [0.1, 0.15) is 12.0 Å². The van der Waals surface area contributed by atoms with Gasteiger partial charge in [-0.05, 0) is 24.3 Å². The van der Waals surface area contributed by atoms with Gasteiger partial charge in [-0.1, -0.05) is 0 Å². The van der Waals surface area contributed by atoms with Crippen LogP contribution in [0.4, 0.5) is 5.69 Å². The summed E-state index contributed by atoms with van der Waals surface area (Å²) >= 11 is 4.08. The Hall–Kier alpha value is -1.36. The number of anilines is 1. The number of amides is 1. The lowest BCUT2D eigenvalue weighted by molar-refractivity contribution is -0.117. The molecule has 0 saturated heterocycles. The zero-order valence-corrected chi connectivity index (χ0v) is 11.5. The Kier molecular flexibility index (Phi) is 4.01. The molecule has 0 aromatic heterocycles. The van der Waals surface area contributed by atoms with Crippen LogP contribution in [0.2, 0.25) is 0 Å². The molecule has 0 aliphatic carbocycles. The van der Waals surface area contributed by atoms with Crippen LogP contribution in [-0.2, 0) is 4.79 Å². The van der Waals surface area contributed by atoms with Crippen LogP contribution in [-0.4, -0.2) is 31.9 Å². The van der Waals surface area contributed by atoms with E-state index < -0.39 is 0 Å². The van der Waals surface area contributed by atoms with Gasteiger partial charge in [0.05, 0.1) is 5.69 Å². The van der Waals surface area contributed by atoms with Gasteiger partial charge in [0.15, 0.2) is 11.5 Å². The minimum absolute atomic E-state index is 0.0461. The Labute approximate surface area is 112 Å². The van der Waals surface area contributed by atoms with Crippen molar-refractivity contribution in [3.63, 3.8) is 0 Å². The van der Waals surface area contributed by atoms with Crippen molar-refractivity contribution >= 4 is 24.2 Å². The molecule has 98 valence electrons. The molecule has 0 N–H and O–H groups in total. The molecule has 1 aromatic carbocycles. The Bertz CT molecular complexity index is 462. The first-order chi connectivity index (χ1) is 8.63. The van der Waals surface area contributed by atoms with Crippen LogP contribution < -0.4 is 14.4 Å². The molecule has 4 nitrogen and oxygen atoms in total. The Morgan fingerprint density at radius 3 is 2.56 bits per heavy atom. The lowest BCUT2D eigenvalue weighted by Gasteiger charge is -2.24. The summed E-state index contributed by atoms with van der Waals surface area (Å²) in [4.78, 5) is 13.5. The molecule has 18 heavy (non-hydrogen) atoms. The molecule has 0 radical (unpaired) electrons. The third-order valence-electron chi connectivity index (χ3n) is 2.92. The van der Waals surface area contributed by atoms with Crippen molar-refractivity contribution in [2.45, 2.75) is 13.3 Å². The number of ether oxygens (including phenoxy) is 2. The molecule has 0 spiro atoms. The van der Waals surface area contributed by atoms with Gasteiger partial charge in [0, 0.05) is 19.5 Å². The summed E-state index contributed by atoms with van der Waals surface area (Å²) in [5.41, 5.74) is 1.85. The number of rotatable bonds is 3. The quantitative estimate of drug-likeness (QED) is 0.852. The van der Waals surface area contributed by atoms with E-state index in [4.69, 9.17) is 9.47 Å². The molecule has 1 heterocycles. The van der Waals surface area contributed by atoms with Crippen LogP contribution in [0.5, 0.6) is 11.5 Å². The van der Waals surface area contributed by atoms with Gasteiger partial charge >= 0.3 is 0 Å². The number of benzene rings is 1. The third-order valence-corrected chi connectivity index (χ3v) is 3.15. The second-order valence-electron chi connectivity index (χ2n) is 4.21. The maximum Gasteiger partial charge on any atom is 0.227 e. The van der Waals surface area contributed by atoms with Gasteiger partial charge in [-0.25, -0.2) is 0 Å². The highest BCUT2D eigenvalue weighted by Crippen LogP contribution is 2.36. The minimum Gasteiger partial charge on any atom is -0.486 e. The average Bonchev–Trinajstić information content (AvgIpc) is 2.37. The van der Waals surface area contributed by atoms with E-state index in [1.54, 1.807) is 11.9 Å². The first kappa shape index (κ1) is 13.1. The first-order valence-corrected chi connectivity index (χ1v) is 6.54. The van der Waals surface area contributed by atoms with Crippen molar-refractivity contribution in [1.29, 1.82) is 0 Å². The predicted octanol–water partition coefficient (Wildman–Crippen LogP) is 2.05. The van der Waals surface area contributed by atoms with Crippen molar-refractivity contribution in [1.82, 2.24) is 0 Å². The highest BCUT2D eigenvalue weighted by atomic mass is 32.1. The summed E-state index contributed by atoms with van der Waals surface area (Å²) in [5.74, 6) is 2.04. The van der Waals surface area contributed by atoms with E-state index in [9.17, 15) is 4.79 Å². The van der Waals surface area contributed by atoms with E-state index in [0.29, 0.717) is 31.1 Å². The molecular weight excluding hydrogens is 250 g/mol. The molecule has 0 fully saturated rings. The van der Waals surface area contributed by atoms with Gasteiger partial charge in [-0.2, -0.15) is 12.6 Å². The first-order valence-electron chi connectivity index (χ1n) is 5.91. The fourth-order valence-corrected chi connectivity index (χ4v) is 2.13. The van der Waals surface area contributed by atoms with Crippen LogP contribution in [0.3, 0.4) is 0 Å². The zero-order valence-electron chi connectivity index (χ0n) is 10.6. The number of aryl methyl sites for hydroxylation is 1. The molecule has 1 aromatic rings.